The maximum Gasteiger partial charge on any atom is 0.332 e. The van der Waals surface area contributed by atoms with Crippen LogP contribution < -0.4 is 21.3 Å². The molecule has 0 bridgehead atoms. The Hall–Kier alpha value is -4.14. The van der Waals surface area contributed by atoms with Gasteiger partial charge in [0.15, 0.2) is 11.2 Å². The van der Waals surface area contributed by atoms with Gasteiger partial charge in [-0.1, -0.05) is 24.3 Å². The van der Waals surface area contributed by atoms with E-state index in [4.69, 9.17) is 4.74 Å². The zero-order chi connectivity index (χ0) is 22.1. The fraction of sp³-hybridized carbons (Fsp3) is 0.182. The normalized spacial score (nSPS) is 10.9. The standard InChI is InChI=1S/C22H21N5O4/c1-25-20-19(21(29)26(2)22(25)30)27(13-23-20)12-18(28)24-16-9-7-14(8-10-16)15-5-4-6-17(11-15)31-3/h4-11,13H,12H2,1-3H3,(H,24,28). The van der Waals surface area contributed by atoms with Gasteiger partial charge in [-0.3, -0.25) is 18.7 Å². The van der Waals surface area contributed by atoms with E-state index in [-0.39, 0.29) is 23.6 Å². The predicted octanol–water partition coefficient (Wildman–Crippen LogP) is 1.75. The molecule has 0 fully saturated rings. The molecule has 0 aliphatic carbocycles. The molecule has 0 spiro atoms. The molecule has 0 radical (unpaired) electrons. The number of carbonyl (C=O) groups excluding carboxylic acids is 1. The van der Waals surface area contributed by atoms with Gasteiger partial charge in [-0.15, -0.1) is 0 Å². The molecule has 0 saturated carbocycles. The Morgan fingerprint density at radius 1 is 1.03 bits per heavy atom. The van der Waals surface area contributed by atoms with Gasteiger partial charge in [0.2, 0.25) is 5.91 Å². The number of aromatic nitrogens is 4. The summed E-state index contributed by atoms with van der Waals surface area (Å²) < 4.78 is 8.97. The largest absolute Gasteiger partial charge is 0.497 e. The fourth-order valence-corrected chi connectivity index (χ4v) is 3.42. The van der Waals surface area contributed by atoms with Gasteiger partial charge >= 0.3 is 5.69 Å². The van der Waals surface area contributed by atoms with Crippen molar-refractivity contribution < 1.29 is 9.53 Å². The van der Waals surface area contributed by atoms with Crippen LogP contribution in [0.1, 0.15) is 0 Å². The second-order valence-corrected chi connectivity index (χ2v) is 7.11. The molecule has 2 aromatic heterocycles. The van der Waals surface area contributed by atoms with Gasteiger partial charge < -0.3 is 14.6 Å². The number of anilines is 1. The van der Waals surface area contributed by atoms with Crippen LogP contribution in [0.3, 0.4) is 0 Å². The van der Waals surface area contributed by atoms with Crippen molar-refractivity contribution in [2.45, 2.75) is 6.54 Å². The monoisotopic (exact) mass is 419 g/mol. The summed E-state index contributed by atoms with van der Waals surface area (Å²) in [6.07, 6.45) is 1.39. The van der Waals surface area contributed by atoms with E-state index in [0.29, 0.717) is 5.69 Å². The molecular formula is C22H21N5O4. The number of benzene rings is 2. The van der Waals surface area contributed by atoms with E-state index in [2.05, 4.69) is 10.3 Å². The third-order valence-corrected chi connectivity index (χ3v) is 5.10. The molecule has 4 aromatic rings. The molecule has 2 heterocycles. The van der Waals surface area contributed by atoms with Crippen molar-refractivity contribution in [3.63, 3.8) is 0 Å². The van der Waals surface area contributed by atoms with Crippen molar-refractivity contribution in [2.24, 2.45) is 14.1 Å². The Bertz CT molecular complexity index is 1400. The summed E-state index contributed by atoms with van der Waals surface area (Å²) in [5.41, 5.74) is 2.10. The number of carbonyl (C=O) groups is 1. The number of fused-ring (bicyclic) bond motifs is 1. The van der Waals surface area contributed by atoms with Gasteiger partial charge in [-0.25, -0.2) is 9.78 Å². The summed E-state index contributed by atoms with van der Waals surface area (Å²) in [4.78, 5) is 41.2. The fourth-order valence-electron chi connectivity index (χ4n) is 3.42. The highest BCUT2D eigenvalue weighted by atomic mass is 16.5. The van der Waals surface area contributed by atoms with Crippen LogP contribution in [0.5, 0.6) is 5.75 Å². The molecule has 0 atom stereocenters. The third-order valence-electron chi connectivity index (χ3n) is 5.10. The first-order valence-electron chi connectivity index (χ1n) is 9.54. The Labute approximate surface area is 177 Å². The molecule has 1 amide bonds. The van der Waals surface area contributed by atoms with Crippen molar-refractivity contribution in [3.8, 4) is 16.9 Å². The van der Waals surface area contributed by atoms with Crippen molar-refractivity contribution in [2.75, 3.05) is 12.4 Å². The number of imidazole rings is 1. The number of amides is 1. The quantitative estimate of drug-likeness (QED) is 0.531. The molecule has 9 heteroatoms. The topological polar surface area (TPSA) is 100 Å². The zero-order valence-corrected chi connectivity index (χ0v) is 17.3. The summed E-state index contributed by atoms with van der Waals surface area (Å²) in [5.74, 6) is 0.454. The summed E-state index contributed by atoms with van der Waals surface area (Å²) in [7, 11) is 4.55. The first-order valence-corrected chi connectivity index (χ1v) is 9.54. The number of nitrogens with one attached hydrogen (secondary N) is 1. The molecule has 31 heavy (non-hydrogen) atoms. The van der Waals surface area contributed by atoms with Crippen LogP contribution in [0, 0.1) is 0 Å². The lowest BCUT2D eigenvalue weighted by Crippen LogP contribution is -2.37. The molecule has 4 rings (SSSR count). The highest BCUT2D eigenvalue weighted by Crippen LogP contribution is 2.25. The summed E-state index contributed by atoms with van der Waals surface area (Å²) in [6.45, 7) is -0.110. The zero-order valence-electron chi connectivity index (χ0n) is 17.3. The predicted molar refractivity (Wildman–Crippen MR) is 117 cm³/mol. The second-order valence-electron chi connectivity index (χ2n) is 7.11. The van der Waals surface area contributed by atoms with Crippen LogP contribution >= 0.6 is 0 Å². The SMILES string of the molecule is COc1cccc(-c2ccc(NC(=O)Cn3cnc4c3c(=O)n(C)c(=O)n4C)cc2)c1. The smallest absolute Gasteiger partial charge is 0.332 e. The number of hydrogen-bond donors (Lipinski definition) is 1. The first-order chi connectivity index (χ1) is 14.9. The average molecular weight is 419 g/mol. The molecule has 2 aromatic carbocycles. The molecular weight excluding hydrogens is 398 g/mol. The molecule has 0 saturated heterocycles. The van der Waals surface area contributed by atoms with Crippen LogP contribution in [0.15, 0.2) is 64.4 Å². The number of methoxy groups -OCH3 is 1. The minimum Gasteiger partial charge on any atom is -0.497 e. The number of rotatable bonds is 5. The van der Waals surface area contributed by atoms with Crippen LogP contribution in [-0.2, 0) is 25.4 Å². The van der Waals surface area contributed by atoms with Gasteiger partial charge in [0.1, 0.15) is 12.3 Å². The number of aryl methyl sites for hydroxylation is 1. The number of hydrogen-bond acceptors (Lipinski definition) is 5. The minimum atomic E-state index is -0.494. The molecule has 9 nitrogen and oxygen atoms in total. The van der Waals surface area contributed by atoms with Gasteiger partial charge in [0.25, 0.3) is 5.56 Å². The molecule has 0 aliphatic rings. The number of nitrogens with zero attached hydrogens (tertiary/aromatic N) is 4. The Balaban J connectivity index is 1.53. The lowest BCUT2D eigenvalue weighted by Gasteiger charge is -2.09. The van der Waals surface area contributed by atoms with E-state index in [0.717, 1.165) is 21.4 Å². The highest BCUT2D eigenvalue weighted by Gasteiger charge is 2.16. The average Bonchev–Trinajstić information content (AvgIpc) is 3.20. The van der Waals surface area contributed by atoms with Crippen molar-refractivity contribution >= 4 is 22.8 Å². The molecule has 0 aliphatic heterocycles. The number of ether oxygens (including phenoxy) is 1. The summed E-state index contributed by atoms with van der Waals surface area (Å²) in [6, 6.07) is 15.1. The highest BCUT2D eigenvalue weighted by molar-refractivity contribution is 5.91. The van der Waals surface area contributed by atoms with Crippen molar-refractivity contribution in [1.29, 1.82) is 0 Å². The van der Waals surface area contributed by atoms with Crippen molar-refractivity contribution in [1.82, 2.24) is 18.7 Å². The van der Waals surface area contributed by atoms with Crippen LogP contribution in [0.2, 0.25) is 0 Å². The molecule has 158 valence electrons. The van der Waals surface area contributed by atoms with E-state index < -0.39 is 11.2 Å². The summed E-state index contributed by atoms with van der Waals surface area (Å²) >= 11 is 0. The Kier molecular flexibility index (Phi) is 5.16. The van der Waals surface area contributed by atoms with E-state index in [9.17, 15) is 14.4 Å². The molecule has 1 N–H and O–H groups in total. The lowest BCUT2D eigenvalue weighted by atomic mass is 10.1. The Morgan fingerprint density at radius 2 is 1.77 bits per heavy atom. The molecule has 0 unspecified atom stereocenters. The van der Waals surface area contributed by atoms with E-state index in [1.54, 1.807) is 7.11 Å². The maximum atomic E-state index is 12.6. The van der Waals surface area contributed by atoms with Crippen LogP contribution in [0.4, 0.5) is 5.69 Å². The van der Waals surface area contributed by atoms with Crippen LogP contribution in [0.25, 0.3) is 22.3 Å². The van der Waals surface area contributed by atoms with Gasteiger partial charge in [-0.05, 0) is 35.4 Å². The van der Waals surface area contributed by atoms with E-state index in [1.807, 2.05) is 48.5 Å². The minimum absolute atomic E-state index is 0.110. The lowest BCUT2D eigenvalue weighted by molar-refractivity contribution is -0.116. The first kappa shape index (κ1) is 20.1. The van der Waals surface area contributed by atoms with Gasteiger partial charge in [0, 0.05) is 19.8 Å². The van der Waals surface area contributed by atoms with E-state index >= 15 is 0 Å². The second kappa shape index (κ2) is 7.94. The van der Waals surface area contributed by atoms with Crippen LogP contribution in [-0.4, -0.2) is 31.7 Å². The van der Waals surface area contributed by atoms with E-state index in [1.165, 1.54) is 29.6 Å². The van der Waals surface area contributed by atoms with Gasteiger partial charge in [0.05, 0.1) is 13.4 Å². The maximum absolute atomic E-state index is 12.6. The third kappa shape index (κ3) is 3.73. The van der Waals surface area contributed by atoms with Gasteiger partial charge in [-0.2, -0.15) is 0 Å². The Morgan fingerprint density at radius 3 is 2.48 bits per heavy atom. The van der Waals surface area contributed by atoms with Crippen molar-refractivity contribution in [3.05, 3.63) is 75.7 Å². The summed E-state index contributed by atoms with van der Waals surface area (Å²) in [5, 5.41) is 2.82.